The van der Waals surface area contributed by atoms with Gasteiger partial charge in [-0.2, -0.15) is 0 Å². The molecule has 3 heteroatoms. The highest BCUT2D eigenvalue weighted by atomic mass is 16.5. The van der Waals surface area contributed by atoms with Gasteiger partial charge in [0.05, 0.1) is 5.52 Å². The zero-order valence-corrected chi connectivity index (χ0v) is 9.65. The van der Waals surface area contributed by atoms with Crippen molar-refractivity contribution < 1.29 is 4.74 Å². The van der Waals surface area contributed by atoms with E-state index >= 15 is 0 Å². The maximum atomic E-state index is 5.57. The van der Waals surface area contributed by atoms with Gasteiger partial charge in [-0.15, -0.1) is 0 Å². The molecule has 86 valence electrons. The molecule has 0 radical (unpaired) electrons. The predicted octanol–water partition coefficient (Wildman–Crippen LogP) is 2.14. The first-order valence-corrected chi connectivity index (χ1v) is 5.70. The average molecular weight is 218 g/mol. The molecule has 1 aromatic heterocycles. The van der Waals surface area contributed by atoms with Gasteiger partial charge in [-0.1, -0.05) is 12.1 Å². The van der Waals surface area contributed by atoms with Crippen LogP contribution in [-0.2, 0) is 17.9 Å². The van der Waals surface area contributed by atoms with Gasteiger partial charge >= 0.3 is 0 Å². The first kappa shape index (κ1) is 11.2. The SMILES string of the molecule is CCOCn1ccc2ccc(CCN)cc21. The van der Waals surface area contributed by atoms with Gasteiger partial charge in [0.2, 0.25) is 0 Å². The standard InChI is InChI=1S/C13H18N2O/c1-2-16-10-15-8-6-12-4-3-11(5-7-14)9-13(12)15/h3-4,6,8-9H,2,5,7,10,14H2,1H3. The van der Waals surface area contributed by atoms with Crippen LogP contribution in [-0.4, -0.2) is 17.7 Å². The third-order valence-corrected chi connectivity index (χ3v) is 2.71. The summed E-state index contributed by atoms with van der Waals surface area (Å²) in [6, 6.07) is 8.59. The number of nitrogens with two attached hydrogens (primary N) is 1. The zero-order chi connectivity index (χ0) is 11.4. The van der Waals surface area contributed by atoms with E-state index in [9.17, 15) is 0 Å². The molecular formula is C13H18N2O. The number of benzene rings is 1. The molecular weight excluding hydrogens is 200 g/mol. The van der Waals surface area contributed by atoms with Crippen molar-refractivity contribution in [1.82, 2.24) is 4.57 Å². The van der Waals surface area contributed by atoms with Gasteiger partial charge in [0, 0.05) is 12.8 Å². The molecule has 0 aliphatic heterocycles. The summed E-state index contributed by atoms with van der Waals surface area (Å²) >= 11 is 0. The minimum atomic E-state index is 0.617. The molecule has 1 aromatic carbocycles. The second-order valence-electron chi connectivity index (χ2n) is 3.84. The predicted molar refractivity (Wildman–Crippen MR) is 66.3 cm³/mol. The summed E-state index contributed by atoms with van der Waals surface area (Å²) in [5.74, 6) is 0. The Morgan fingerprint density at radius 3 is 2.94 bits per heavy atom. The van der Waals surface area contributed by atoms with Crippen molar-refractivity contribution in [1.29, 1.82) is 0 Å². The summed E-state index contributed by atoms with van der Waals surface area (Å²) < 4.78 is 7.55. The lowest BCUT2D eigenvalue weighted by Gasteiger charge is -2.06. The van der Waals surface area contributed by atoms with Crippen molar-refractivity contribution in [3.63, 3.8) is 0 Å². The van der Waals surface area contributed by atoms with Crippen molar-refractivity contribution in [3.05, 3.63) is 36.0 Å². The van der Waals surface area contributed by atoms with Crippen LogP contribution in [0.15, 0.2) is 30.5 Å². The third-order valence-electron chi connectivity index (χ3n) is 2.71. The van der Waals surface area contributed by atoms with Crippen LogP contribution in [0.5, 0.6) is 0 Å². The van der Waals surface area contributed by atoms with Crippen LogP contribution in [0.1, 0.15) is 12.5 Å². The van der Waals surface area contributed by atoms with Crippen LogP contribution in [0.3, 0.4) is 0 Å². The number of nitrogens with zero attached hydrogens (tertiary/aromatic N) is 1. The van der Waals surface area contributed by atoms with E-state index in [-0.39, 0.29) is 0 Å². The van der Waals surface area contributed by atoms with Gasteiger partial charge in [0.15, 0.2) is 0 Å². The fraction of sp³-hybridized carbons (Fsp3) is 0.385. The number of hydrogen-bond acceptors (Lipinski definition) is 2. The first-order chi connectivity index (χ1) is 7.85. The molecule has 0 spiro atoms. The molecule has 3 nitrogen and oxygen atoms in total. The largest absolute Gasteiger partial charge is 0.361 e. The summed E-state index contributed by atoms with van der Waals surface area (Å²) in [5.41, 5.74) is 8.07. The van der Waals surface area contributed by atoms with E-state index in [1.807, 2.05) is 6.92 Å². The van der Waals surface area contributed by atoms with Gasteiger partial charge < -0.3 is 15.0 Å². The average Bonchev–Trinajstić information content (AvgIpc) is 2.69. The number of aromatic nitrogens is 1. The van der Waals surface area contributed by atoms with Crippen LogP contribution in [0.25, 0.3) is 10.9 Å². The molecule has 0 atom stereocenters. The highest BCUT2D eigenvalue weighted by Gasteiger charge is 2.01. The highest BCUT2D eigenvalue weighted by molar-refractivity contribution is 5.80. The fourth-order valence-corrected chi connectivity index (χ4v) is 1.85. The van der Waals surface area contributed by atoms with Crippen LogP contribution >= 0.6 is 0 Å². The smallest absolute Gasteiger partial charge is 0.122 e. The van der Waals surface area contributed by atoms with Crippen LogP contribution in [0.4, 0.5) is 0 Å². The lowest BCUT2D eigenvalue weighted by atomic mass is 10.1. The van der Waals surface area contributed by atoms with E-state index in [2.05, 4.69) is 35.0 Å². The van der Waals surface area contributed by atoms with Crippen molar-refractivity contribution in [2.45, 2.75) is 20.1 Å². The van der Waals surface area contributed by atoms with Gasteiger partial charge in [-0.25, -0.2) is 0 Å². The Balaban J connectivity index is 2.31. The van der Waals surface area contributed by atoms with Gasteiger partial charge in [-0.3, -0.25) is 0 Å². The summed E-state index contributed by atoms with van der Waals surface area (Å²) in [4.78, 5) is 0. The van der Waals surface area contributed by atoms with Gasteiger partial charge in [0.25, 0.3) is 0 Å². The van der Waals surface area contributed by atoms with Crippen LogP contribution < -0.4 is 5.73 Å². The Hall–Kier alpha value is -1.32. The van der Waals surface area contributed by atoms with Crippen LogP contribution in [0.2, 0.25) is 0 Å². The van der Waals surface area contributed by atoms with E-state index in [0.29, 0.717) is 13.3 Å². The Kier molecular flexibility index (Phi) is 3.59. The van der Waals surface area contributed by atoms with Crippen molar-refractivity contribution in [2.75, 3.05) is 13.2 Å². The molecule has 0 amide bonds. The van der Waals surface area contributed by atoms with Crippen molar-refractivity contribution in [2.24, 2.45) is 5.73 Å². The third kappa shape index (κ3) is 2.26. The zero-order valence-electron chi connectivity index (χ0n) is 9.65. The molecule has 1 heterocycles. The van der Waals surface area contributed by atoms with E-state index < -0.39 is 0 Å². The summed E-state index contributed by atoms with van der Waals surface area (Å²) in [7, 11) is 0. The van der Waals surface area contributed by atoms with E-state index in [0.717, 1.165) is 13.0 Å². The summed E-state index contributed by atoms with van der Waals surface area (Å²) in [5, 5.41) is 1.25. The maximum Gasteiger partial charge on any atom is 0.122 e. The molecule has 0 fully saturated rings. The minimum Gasteiger partial charge on any atom is -0.361 e. The molecule has 0 aliphatic carbocycles. The molecule has 16 heavy (non-hydrogen) atoms. The molecule has 2 N–H and O–H groups in total. The molecule has 2 rings (SSSR count). The van der Waals surface area contributed by atoms with E-state index in [4.69, 9.17) is 10.5 Å². The summed E-state index contributed by atoms with van der Waals surface area (Å²) in [6.07, 6.45) is 2.99. The summed E-state index contributed by atoms with van der Waals surface area (Å²) in [6.45, 7) is 4.05. The van der Waals surface area contributed by atoms with Crippen LogP contribution in [0, 0.1) is 0 Å². The monoisotopic (exact) mass is 218 g/mol. The maximum absolute atomic E-state index is 5.57. The molecule has 2 aromatic rings. The van der Waals surface area contributed by atoms with Crippen molar-refractivity contribution >= 4 is 10.9 Å². The lowest BCUT2D eigenvalue weighted by Crippen LogP contribution is -2.03. The minimum absolute atomic E-state index is 0.617. The molecule has 0 bridgehead atoms. The second-order valence-corrected chi connectivity index (χ2v) is 3.84. The normalized spacial score (nSPS) is 11.1. The Bertz CT molecular complexity index is 462. The topological polar surface area (TPSA) is 40.2 Å². The molecule has 0 saturated carbocycles. The fourth-order valence-electron chi connectivity index (χ4n) is 1.85. The number of fused-ring (bicyclic) bond motifs is 1. The highest BCUT2D eigenvalue weighted by Crippen LogP contribution is 2.18. The molecule has 0 aliphatic rings. The Morgan fingerprint density at radius 2 is 2.19 bits per heavy atom. The quantitative estimate of drug-likeness (QED) is 0.835. The number of rotatable bonds is 5. The number of hydrogen-bond donors (Lipinski definition) is 1. The lowest BCUT2D eigenvalue weighted by molar-refractivity contribution is 0.0909. The Morgan fingerprint density at radius 1 is 1.31 bits per heavy atom. The van der Waals surface area contributed by atoms with Gasteiger partial charge in [-0.05, 0) is 43.0 Å². The van der Waals surface area contributed by atoms with Gasteiger partial charge in [0.1, 0.15) is 6.73 Å². The first-order valence-electron chi connectivity index (χ1n) is 5.70. The molecule has 0 saturated heterocycles. The number of ether oxygens (including phenoxy) is 1. The molecule has 0 unspecified atom stereocenters. The Labute approximate surface area is 95.8 Å². The van der Waals surface area contributed by atoms with E-state index in [1.165, 1.54) is 16.5 Å². The second kappa shape index (κ2) is 5.14. The van der Waals surface area contributed by atoms with Crippen molar-refractivity contribution in [3.8, 4) is 0 Å². The van der Waals surface area contributed by atoms with E-state index in [1.54, 1.807) is 0 Å².